The molecule has 0 aromatic rings. The Morgan fingerprint density at radius 3 is 2.91 bits per heavy atom. The molecule has 2 heterocycles. The van der Waals surface area contributed by atoms with Crippen molar-refractivity contribution in [1.82, 2.24) is 5.32 Å². The summed E-state index contributed by atoms with van der Waals surface area (Å²) in [4.78, 5) is 0. The summed E-state index contributed by atoms with van der Waals surface area (Å²) in [5.74, 6) is 1.82. The van der Waals surface area contributed by atoms with Gasteiger partial charge in [-0.05, 0) is 31.6 Å². The van der Waals surface area contributed by atoms with Gasteiger partial charge >= 0.3 is 0 Å². The van der Waals surface area contributed by atoms with Crippen molar-refractivity contribution < 1.29 is 0 Å². The van der Waals surface area contributed by atoms with Gasteiger partial charge in [-0.1, -0.05) is 19.8 Å². The van der Waals surface area contributed by atoms with Gasteiger partial charge in [0.2, 0.25) is 0 Å². The van der Waals surface area contributed by atoms with Gasteiger partial charge in [0.25, 0.3) is 0 Å². The monoisotopic (exact) mass is 152 g/mol. The molecule has 2 saturated heterocycles. The van der Waals surface area contributed by atoms with Crippen molar-refractivity contribution in [3.8, 4) is 0 Å². The van der Waals surface area contributed by atoms with Crippen LogP contribution < -0.4 is 5.32 Å². The van der Waals surface area contributed by atoms with Crippen molar-refractivity contribution in [2.75, 3.05) is 0 Å². The van der Waals surface area contributed by atoms with Gasteiger partial charge in [-0.15, -0.1) is 0 Å². The van der Waals surface area contributed by atoms with E-state index in [9.17, 15) is 0 Å². The maximum Gasteiger partial charge on any atom is 0.0133 e. The zero-order chi connectivity index (χ0) is 7.68. The maximum atomic E-state index is 3.65. The second-order valence-electron chi connectivity index (χ2n) is 3.96. The van der Waals surface area contributed by atoms with E-state index in [1.165, 1.54) is 38.5 Å². The highest BCUT2D eigenvalue weighted by atomic mass is 15.0. The zero-order valence-corrected chi connectivity index (χ0v) is 7.40. The first-order valence-corrected chi connectivity index (χ1v) is 5.00. The average Bonchev–Trinajstić information content (AvgIpc) is 2.60. The van der Waals surface area contributed by atoms with E-state index in [4.69, 9.17) is 0 Å². The predicted molar refractivity (Wildman–Crippen MR) is 47.3 cm³/mol. The third kappa shape index (κ3) is 1.44. The van der Waals surface area contributed by atoms with Crippen LogP contribution in [0.25, 0.3) is 0 Å². The lowest BCUT2D eigenvalue weighted by Gasteiger charge is -2.18. The highest BCUT2D eigenvalue weighted by Crippen LogP contribution is 2.37. The van der Waals surface area contributed by atoms with Gasteiger partial charge < -0.3 is 5.32 Å². The van der Waals surface area contributed by atoms with Crippen LogP contribution in [-0.4, -0.2) is 12.1 Å². The molecular weight excluding hydrogens is 134 g/mol. The Hall–Kier alpha value is -0.0400. The summed E-state index contributed by atoms with van der Waals surface area (Å²) < 4.78 is 0. The molecule has 2 fully saturated rings. The SMILES string of the molecule is CCCC[C]1C[C@@H]2CC[C@H]1N2. The molecule has 1 N–H and O–H groups in total. The van der Waals surface area contributed by atoms with Crippen LogP contribution >= 0.6 is 0 Å². The Labute approximate surface area is 69.6 Å². The van der Waals surface area contributed by atoms with Gasteiger partial charge in [0, 0.05) is 12.1 Å². The highest BCUT2D eigenvalue weighted by Gasteiger charge is 2.38. The van der Waals surface area contributed by atoms with Crippen LogP contribution in [-0.2, 0) is 0 Å². The smallest absolute Gasteiger partial charge is 0.0133 e. The largest absolute Gasteiger partial charge is 0.311 e. The number of rotatable bonds is 3. The lowest BCUT2D eigenvalue weighted by atomic mass is 9.86. The van der Waals surface area contributed by atoms with E-state index >= 15 is 0 Å². The van der Waals surface area contributed by atoms with Crippen molar-refractivity contribution in [3.05, 3.63) is 5.92 Å². The Kier molecular flexibility index (Phi) is 2.17. The van der Waals surface area contributed by atoms with Gasteiger partial charge in [0.05, 0.1) is 0 Å². The summed E-state index contributed by atoms with van der Waals surface area (Å²) in [6.07, 6.45) is 8.39. The van der Waals surface area contributed by atoms with Crippen molar-refractivity contribution in [1.29, 1.82) is 0 Å². The molecule has 11 heavy (non-hydrogen) atoms. The number of nitrogens with one attached hydrogen (secondary N) is 1. The van der Waals surface area contributed by atoms with E-state index in [0.717, 1.165) is 12.1 Å². The van der Waals surface area contributed by atoms with E-state index in [1.807, 2.05) is 5.92 Å². The minimum Gasteiger partial charge on any atom is -0.311 e. The molecule has 2 atom stereocenters. The standard InChI is InChI=1S/C10H18N/c1-2-3-4-8-7-9-5-6-10(8)11-9/h9-11H,2-7H2,1H3/t9-,10+/m0/s1. The lowest BCUT2D eigenvalue weighted by Crippen LogP contribution is -2.21. The van der Waals surface area contributed by atoms with Gasteiger partial charge in [-0.25, -0.2) is 0 Å². The second-order valence-corrected chi connectivity index (χ2v) is 3.96. The molecule has 63 valence electrons. The summed E-state index contributed by atoms with van der Waals surface area (Å²) in [6, 6.07) is 1.69. The minimum atomic E-state index is 0.826. The quantitative estimate of drug-likeness (QED) is 0.654. The minimum absolute atomic E-state index is 0.826. The van der Waals surface area contributed by atoms with E-state index in [-0.39, 0.29) is 0 Å². The van der Waals surface area contributed by atoms with Crippen LogP contribution in [0.1, 0.15) is 45.4 Å². The summed E-state index contributed by atoms with van der Waals surface area (Å²) in [6.45, 7) is 2.28. The molecule has 0 unspecified atom stereocenters. The molecule has 2 bridgehead atoms. The second kappa shape index (κ2) is 3.14. The Morgan fingerprint density at radius 1 is 1.45 bits per heavy atom. The van der Waals surface area contributed by atoms with Crippen molar-refractivity contribution in [2.24, 2.45) is 0 Å². The molecule has 0 amide bonds. The molecule has 1 heteroatoms. The topological polar surface area (TPSA) is 12.0 Å². The first-order chi connectivity index (χ1) is 5.40. The Balaban J connectivity index is 1.78. The molecular formula is C10H18N. The van der Waals surface area contributed by atoms with Crippen LogP contribution in [0.2, 0.25) is 0 Å². The fourth-order valence-electron chi connectivity index (χ4n) is 2.44. The fourth-order valence-corrected chi connectivity index (χ4v) is 2.44. The molecule has 2 rings (SSSR count). The number of unbranched alkanes of at least 4 members (excludes halogenated alkanes) is 1. The van der Waals surface area contributed by atoms with Gasteiger partial charge in [-0.3, -0.25) is 0 Å². The van der Waals surface area contributed by atoms with Gasteiger partial charge in [0.15, 0.2) is 0 Å². The molecule has 0 aromatic heterocycles. The molecule has 2 aliphatic heterocycles. The van der Waals surface area contributed by atoms with Gasteiger partial charge in [0.1, 0.15) is 0 Å². The molecule has 0 saturated carbocycles. The summed E-state index contributed by atoms with van der Waals surface area (Å²) in [7, 11) is 0. The van der Waals surface area contributed by atoms with Crippen molar-refractivity contribution in [2.45, 2.75) is 57.5 Å². The summed E-state index contributed by atoms with van der Waals surface area (Å²) >= 11 is 0. The number of hydrogen-bond donors (Lipinski definition) is 1. The first-order valence-electron chi connectivity index (χ1n) is 5.00. The van der Waals surface area contributed by atoms with Crippen LogP contribution in [0.5, 0.6) is 0 Å². The van der Waals surface area contributed by atoms with E-state index in [1.54, 1.807) is 0 Å². The van der Waals surface area contributed by atoms with Crippen molar-refractivity contribution in [3.63, 3.8) is 0 Å². The molecule has 0 aliphatic carbocycles. The van der Waals surface area contributed by atoms with Crippen LogP contribution in [0.3, 0.4) is 0 Å². The molecule has 0 aromatic carbocycles. The lowest BCUT2D eigenvalue weighted by molar-refractivity contribution is 0.553. The third-order valence-electron chi connectivity index (χ3n) is 3.09. The fraction of sp³-hybridized carbons (Fsp3) is 0.900. The predicted octanol–water partition coefficient (Wildman–Crippen LogP) is 2.28. The first kappa shape index (κ1) is 7.60. The normalized spacial score (nSPS) is 36.8. The number of fused-ring (bicyclic) bond motifs is 2. The van der Waals surface area contributed by atoms with Crippen LogP contribution in [0, 0.1) is 5.92 Å². The Bertz CT molecular complexity index is 133. The van der Waals surface area contributed by atoms with Crippen molar-refractivity contribution >= 4 is 0 Å². The van der Waals surface area contributed by atoms with E-state index in [0.29, 0.717) is 0 Å². The summed E-state index contributed by atoms with van der Waals surface area (Å²) in [5, 5.41) is 3.65. The third-order valence-corrected chi connectivity index (χ3v) is 3.09. The maximum absolute atomic E-state index is 3.65. The molecule has 1 nitrogen and oxygen atoms in total. The zero-order valence-electron chi connectivity index (χ0n) is 7.40. The van der Waals surface area contributed by atoms with Gasteiger partial charge in [-0.2, -0.15) is 0 Å². The Morgan fingerprint density at radius 2 is 2.36 bits per heavy atom. The molecule has 2 aliphatic rings. The highest BCUT2D eigenvalue weighted by molar-refractivity contribution is 5.14. The number of hydrogen-bond acceptors (Lipinski definition) is 1. The molecule has 0 spiro atoms. The van der Waals surface area contributed by atoms with Crippen LogP contribution in [0.15, 0.2) is 0 Å². The summed E-state index contributed by atoms with van der Waals surface area (Å²) in [5.41, 5.74) is 0. The van der Waals surface area contributed by atoms with Crippen LogP contribution in [0.4, 0.5) is 0 Å². The average molecular weight is 152 g/mol. The van der Waals surface area contributed by atoms with E-state index in [2.05, 4.69) is 12.2 Å². The van der Waals surface area contributed by atoms with E-state index < -0.39 is 0 Å². The molecule has 1 radical (unpaired) electrons.